The van der Waals surface area contributed by atoms with Gasteiger partial charge < -0.3 is 16.2 Å². The number of nitrogens with one attached hydrogen (secondary N) is 1. The Morgan fingerprint density at radius 2 is 2.50 bits per heavy atom. The first kappa shape index (κ1) is 7.39. The maximum Gasteiger partial charge on any atom is 0.249 e. The highest BCUT2D eigenvalue weighted by molar-refractivity contribution is 5.80. The van der Waals surface area contributed by atoms with Crippen LogP contribution in [0.15, 0.2) is 0 Å². The number of nitrogens with two attached hydrogens (primary N) is 1. The van der Waals surface area contributed by atoms with Gasteiger partial charge in [0, 0.05) is 13.6 Å². The van der Waals surface area contributed by atoms with Crippen molar-refractivity contribution in [1.29, 1.82) is 0 Å². The standard InChI is InChI=1S/C4H10N2O2/c1-6-4(8)3(7)2-5/h3,7H,2,5H2,1H3,(H,6,8)/t3-/m0/s1. The van der Waals surface area contributed by atoms with Crippen LogP contribution in [0, 0.1) is 0 Å². The molecule has 0 aliphatic carbocycles. The Labute approximate surface area is 47.7 Å². The van der Waals surface area contributed by atoms with Gasteiger partial charge in [-0.2, -0.15) is 0 Å². The van der Waals surface area contributed by atoms with E-state index in [9.17, 15) is 4.79 Å². The molecule has 0 heterocycles. The number of amides is 1. The quantitative estimate of drug-likeness (QED) is 0.394. The first-order valence-corrected chi connectivity index (χ1v) is 2.32. The minimum Gasteiger partial charge on any atom is -0.382 e. The molecule has 0 aromatic carbocycles. The van der Waals surface area contributed by atoms with E-state index in [0.717, 1.165) is 0 Å². The number of hydrogen-bond donors (Lipinski definition) is 3. The molecule has 0 aromatic heterocycles. The summed E-state index contributed by atoms with van der Waals surface area (Å²) in [6.07, 6.45) is -1.06. The number of rotatable bonds is 2. The molecule has 1 amide bonds. The first-order chi connectivity index (χ1) is 3.72. The number of aliphatic hydroxyl groups is 1. The Bertz CT molecular complexity index is 84.1. The van der Waals surface area contributed by atoms with Gasteiger partial charge in [-0.1, -0.05) is 0 Å². The average molecular weight is 118 g/mol. The lowest BCUT2D eigenvalue weighted by Crippen LogP contribution is -2.37. The molecule has 0 saturated heterocycles. The molecule has 0 saturated carbocycles. The highest BCUT2D eigenvalue weighted by Crippen LogP contribution is 1.74. The smallest absolute Gasteiger partial charge is 0.249 e. The van der Waals surface area contributed by atoms with Gasteiger partial charge >= 0.3 is 0 Å². The molecule has 48 valence electrons. The molecule has 8 heavy (non-hydrogen) atoms. The summed E-state index contributed by atoms with van der Waals surface area (Å²) < 4.78 is 0. The molecule has 4 nitrogen and oxygen atoms in total. The van der Waals surface area contributed by atoms with Crippen LogP contribution in [0.5, 0.6) is 0 Å². The van der Waals surface area contributed by atoms with Crippen LogP contribution in [0.2, 0.25) is 0 Å². The third-order valence-electron chi connectivity index (χ3n) is 0.772. The Hall–Kier alpha value is -0.610. The molecule has 0 aliphatic heterocycles. The van der Waals surface area contributed by atoms with Gasteiger partial charge in [-0.15, -0.1) is 0 Å². The lowest BCUT2D eigenvalue weighted by atomic mass is 10.3. The fourth-order valence-corrected chi connectivity index (χ4v) is 0.274. The highest BCUT2D eigenvalue weighted by atomic mass is 16.3. The van der Waals surface area contributed by atoms with Gasteiger partial charge in [-0.05, 0) is 0 Å². The number of hydrogen-bond acceptors (Lipinski definition) is 3. The van der Waals surface area contributed by atoms with Crippen molar-refractivity contribution < 1.29 is 9.90 Å². The van der Waals surface area contributed by atoms with E-state index in [0.29, 0.717) is 0 Å². The summed E-state index contributed by atoms with van der Waals surface area (Å²) in [5.74, 6) is -0.437. The Kier molecular flexibility index (Phi) is 3.14. The Morgan fingerprint density at radius 3 is 2.62 bits per heavy atom. The molecule has 0 unspecified atom stereocenters. The molecule has 0 aliphatic rings. The Balaban J connectivity index is 3.46. The largest absolute Gasteiger partial charge is 0.382 e. The lowest BCUT2D eigenvalue weighted by molar-refractivity contribution is -0.128. The maximum absolute atomic E-state index is 10.3. The van der Waals surface area contributed by atoms with Gasteiger partial charge in [0.25, 0.3) is 0 Å². The summed E-state index contributed by atoms with van der Waals surface area (Å²) in [6.45, 7) is -0.0281. The van der Waals surface area contributed by atoms with Crippen molar-refractivity contribution in [2.75, 3.05) is 13.6 Å². The van der Waals surface area contributed by atoms with E-state index in [2.05, 4.69) is 5.32 Å². The maximum atomic E-state index is 10.3. The van der Waals surface area contributed by atoms with Crippen molar-refractivity contribution in [1.82, 2.24) is 5.32 Å². The molecule has 0 rings (SSSR count). The molecule has 4 N–H and O–H groups in total. The van der Waals surface area contributed by atoms with E-state index < -0.39 is 12.0 Å². The summed E-state index contributed by atoms with van der Waals surface area (Å²) in [6, 6.07) is 0. The molecular weight excluding hydrogens is 108 g/mol. The van der Waals surface area contributed by atoms with Crippen LogP contribution in [0.25, 0.3) is 0 Å². The van der Waals surface area contributed by atoms with Crippen LogP contribution >= 0.6 is 0 Å². The molecular formula is C4H10N2O2. The van der Waals surface area contributed by atoms with Crippen LogP contribution < -0.4 is 11.1 Å². The number of likely N-dealkylation sites (N-methyl/N-ethyl adjacent to an activating group) is 1. The number of carbonyl (C=O) groups is 1. The summed E-state index contributed by atoms with van der Waals surface area (Å²) in [5, 5.41) is 10.8. The van der Waals surface area contributed by atoms with Gasteiger partial charge in [-0.3, -0.25) is 4.79 Å². The van der Waals surface area contributed by atoms with E-state index >= 15 is 0 Å². The van der Waals surface area contributed by atoms with E-state index in [1.807, 2.05) is 0 Å². The van der Waals surface area contributed by atoms with Crippen LogP contribution in [0.3, 0.4) is 0 Å². The third kappa shape index (κ3) is 1.90. The summed E-state index contributed by atoms with van der Waals surface area (Å²) >= 11 is 0. The summed E-state index contributed by atoms with van der Waals surface area (Å²) in [5.41, 5.74) is 4.94. The fraction of sp³-hybridized carbons (Fsp3) is 0.750. The second-order valence-electron chi connectivity index (χ2n) is 1.37. The van der Waals surface area contributed by atoms with E-state index in [-0.39, 0.29) is 6.54 Å². The minimum atomic E-state index is -1.06. The second-order valence-corrected chi connectivity index (χ2v) is 1.37. The van der Waals surface area contributed by atoms with Gasteiger partial charge in [0.15, 0.2) is 0 Å². The van der Waals surface area contributed by atoms with Gasteiger partial charge in [0.2, 0.25) is 5.91 Å². The molecule has 0 aromatic rings. The van der Waals surface area contributed by atoms with Crippen LogP contribution in [-0.2, 0) is 4.79 Å². The predicted octanol–water partition coefficient (Wildman–Crippen LogP) is -1.95. The van der Waals surface area contributed by atoms with Crippen molar-refractivity contribution in [2.45, 2.75) is 6.10 Å². The van der Waals surface area contributed by atoms with Gasteiger partial charge in [0.05, 0.1) is 0 Å². The van der Waals surface area contributed by atoms with Crippen molar-refractivity contribution in [3.8, 4) is 0 Å². The van der Waals surface area contributed by atoms with Crippen molar-refractivity contribution in [2.24, 2.45) is 5.73 Å². The predicted molar refractivity (Wildman–Crippen MR) is 29.1 cm³/mol. The SMILES string of the molecule is CNC(=O)[C@@H](O)CN. The molecule has 0 bridgehead atoms. The van der Waals surface area contributed by atoms with Crippen molar-refractivity contribution in [3.05, 3.63) is 0 Å². The monoisotopic (exact) mass is 118 g/mol. The zero-order chi connectivity index (χ0) is 6.57. The van der Waals surface area contributed by atoms with Gasteiger partial charge in [0.1, 0.15) is 6.10 Å². The lowest BCUT2D eigenvalue weighted by Gasteiger charge is -2.02. The number of aliphatic hydroxyl groups excluding tert-OH is 1. The van der Waals surface area contributed by atoms with E-state index in [4.69, 9.17) is 10.8 Å². The molecule has 0 fully saturated rings. The fourth-order valence-electron chi connectivity index (χ4n) is 0.274. The second kappa shape index (κ2) is 3.40. The van der Waals surface area contributed by atoms with Crippen LogP contribution in [0.1, 0.15) is 0 Å². The topological polar surface area (TPSA) is 75.3 Å². The zero-order valence-electron chi connectivity index (χ0n) is 4.72. The van der Waals surface area contributed by atoms with E-state index in [1.165, 1.54) is 7.05 Å². The van der Waals surface area contributed by atoms with Crippen LogP contribution in [0.4, 0.5) is 0 Å². The van der Waals surface area contributed by atoms with Crippen molar-refractivity contribution in [3.63, 3.8) is 0 Å². The molecule has 0 radical (unpaired) electrons. The summed E-state index contributed by atoms with van der Waals surface area (Å²) in [4.78, 5) is 10.3. The van der Waals surface area contributed by atoms with Crippen LogP contribution in [-0.4, -0.2) is 30.7 Å². The Morgan fingerprint density at radius 1 is 2.00 bits per heavy atom. The molecule has 1 atom stereocenters. The zero-order valence-corrected chi connectivity index (χ0v) is 4.72. The van der Waals surface area contributed by atoms with Crippen molar-refractivity contribution >= 4 is 5.91 Å². The van der Waals surface area contributed by atoms with Gasteiger partial charge in [-0.25, -0.2) is 0 Å². The molecule has 4 heteroatoms. The average Bonchev–Trinajstić information content (AvgIpc) is 1.84. The third-order valence-corrected chi connectivity index (χ3v) is 0.772. The normalized spacial score (nSPS) is 12.9. The first-order valence-electron chi connectivity index (χ1n) is 2.32. The number of carbonyl (C=O) groups excluding carboxylic acids is 1. The summed E-state index contributed by atoms with van der Waals surface area (Å²) in [7, 11) is 1.45. The minimum absolute atomic E-state index is 0.0281. The molecule has 0 spiro atoms. The van der Waals surface area contributed by atoms with E-state index in [1.54, 1.807) is 0 Å². The highest BCUT2D eigenvalue weighted by Gasteiger charge is 2.08.